The molecule has 1 fully saturated rings. The van der Waals surface area contributed by atoms with Gasteiger partial charge in [-0.25, -0.2) is 0 Å². The van der Waals surface area contributed by atoms with Crippen LogP contribution in [-0.2, 0) is 4.79 Å². The Labute approximate surface area is 89.3 Å². The van der Waals surface area contributed by atoms with Crippen LogP contribution in [0.15, 0.2) is 34.0 Å². The van der Waals surface area contributed by atoms with Crippen LogP contribution in [0, 0.1) is 0 Å². The number of hydrogen-bond acceptors (Lipinski definition) is 5. The Morgan fingerprint density at radius 1 is 1.64 bits per heavy atom. The van der Waals surface area contributed by atoms with Gasteiger partial charge >= 0.3 is 0 Å². The Kier molecular flexibility index (Phi) is 2.55. The van der Waals surface area contributed by atoms with Crippen molar-refractivity contribution in [2.45, 2.75) is 0 Å². The summed E-state index contributed by atoms with van der Waals surface area (Å²) in [4.78, 5) is 11.6. The molecule has 0 unspecified atom stereocenters. The van der Waals surface area contributed by atoms with Crippen LogP contribution < -0.4 is 10.1 Å². The number of thioether (sulfide) groups is 1. The minimum atomic E-state index is -0.244. The van der Waals surface area contributed by atoms with Crippen molar-refractivity contribution in [1.29, 1.82) is 0 Å². The van der Waals surface area contributed by atoms with E-state index in [1.54, 1.807) is 12.1 Å². The zero-order valence-corrected chi connectivity index (χ0v) is 8.48. The Balaban J connectivity index is 2.05. The van der Waals surface area contributed by atoms with Crippen LogP contribution in [0.2, 0.25) is 0 Å². The van der Waals surface area contributed by atoms with E-state index in [9.17, 15) is 4.79 Å². The molecule has 2 rings (SSSR count). The van der Waals surface area contributed by atoms with Crippen molar-refractivity contribution in [2.24, 2.45) is 0 Å². The summed E-state index contributed by atoms with van der Waals surface area (Å²) in [7, 11) is 0. The fraction of sp³-hybridized carbons (Fsp3) is 0. The van der Waals surface area contributed by atoms with Crippen LogP contribution in [0.25, 0.3) is 0 Å². The predicted octanol–water partition coefficient (Wildman–Crippen LogP) is 1.65. The monoisotopic (exact) mass is 227 g/mol. The zero-order valence-electron chi connectivity index (χ0n) is 6.85. The van der Waals surface area contributed by atoms with Gasteiger partial charge in [0.15, 0.2) is 0 Å². The van der Waals surface area contributed by atoms with Crippen LogP contribution >= 0.6 is 24.0 Å². The topological polar surface area (TPSA) is 51.5 Å². The molecule has 0 aliphatic carbocycles. The molecular formula is C8H5NO3S2. The van der Waals surface area contributed by atoms with Crippen LogP contribution in [-0.4, -0.2) is 10.2 Å². The minimum Gasteiger partial charge on any atom is -0.434 e. The Bertz CT molecular complexity index is 397. The molecule has 1 aliphatic rings. The fourth-order valence-electron chi connectivity index (χ4n) is 0.846. The molecule has 1 aromatic rings. The van der Waals surface area contributed by atoms with Gasteiger partial charge < -0.3 is 14.5 Å². The first-order valence-electron chi connectivity index (χ1n) is 3.69. The summed E-state index contributed by atoms with van der Waals surface area (Å²) in [6.45, 7) is 0. The third-order valence-electron chi connectivity index (χ3n) is 1.42. The molecule has 2 heterocycles. The van der Waals surface area contributed by atoms with Gasteiger partial charge in [0.25, 0.3) is 11.9 Å². The van der Waals surface area contributed by atoms with E-state index >= 15 is 0 Å². The van der Waals surface area contributed by atoms with Crippen molar-refractivity contribution in [3.8, 4) is 5.95 Å². The van der Waals surface area contributed by atoms with E-state index in [1.165, 1.54) is 12.5 Å². The molecule has 1 saturated heterocycles. The number of thiocarbonyl (C=S) groups is 1. The number of furan rings is 1. The maximum absolute atomic E-state index is 11.1. The average Bonchev–Trinajstić information content (AvgIpc) is 2.72. The van der Waals surface area contributed by atoms with Crippen molar-refractivity contribution in [2.75, 3.05) is 0 Å². The second-order valence-electron chi connectivity index (χ2n) is 2.38. The number of carbonyl (C=O) groups excluding carboxylic acids is 1. The lowest BCUT2D eigenvalue weighted by atomic mass is 10.6. The summed E-state index contributed by atoms with van der Waals surface area (Å²) >= 11 is 5.96. The Hall–Kier alpha value is -1.27. The fourth-order valence-corrected chi connectivity index (χ4v) is 1.79. The first-order valence-corrected chi connectivity index (χ1v) is 4.91. The van der Waals surface area contributed by atoms with Gasteiger partial charge in [-0.05, 0) is 6.07 Å². The maximum Gasteiger partial charge on any atom is 0.289 e. The summed E-state index contributed by atoms with van der Waals surface area (Å²) in [5, 5.41) is 2.47. The third kappa shape index (κ3) is 1.97. The highest BCUT2D eigenvalue weighted by Gasteiger charge is 2.22. The van der Waals surface area contributed by atoms with Crippen LogP contribution in [0.3, 0.4) is 0 Å². The first-order chi connectivity index (χ1) is 6.75. The zero-order chi connectivity index (χ0) is 9.97. The molecule has 0 radical (unpaired) electrons. The molecule has 1 aliphatic heterocycles. The molecular weight excluding hydrogens is 222 g/mol. The van der Waals surface area contributed by atoms with Crippen LogP contribution in [0.5, 0.6) is 5.95 Å². The molecule has 6 heteroatoms. The number of ether oxygens (including phenoxy) is 1. The summed E-state index contributed by atoms with van der Waals surface area (Å²) in [5.74, 6) is 0.0928. The number of carbonyl (C=O) groups is 1. The van der Waals surface area contributed by atoms with Crippen molar-refractivity contribution >= 4 is 34.2 Å². The quantitative estimate of drug-likeness (QED) is 0.473. The van der Waals surface area contributed by atoms with Crippen molar-refractivity contribution in [1.82, 2.24) is 5.32 Å². The molecule has 0 atom stereocenters. The molecule has 14 heavy (non-hydrogen) atoms. The molecule has 4 nitrogen and oxygen atoms in total. The lowest BCUT2D eigenvalue weighted by molar-refractivity contribution is -0.115. The van der Waals surface area contributed by atoms with Gasteiger partial charge in [0.05, 0.1) is 6.26 Å². The predicted molar refractivity (Wildman–Crippen MR) is 55.8 cm³/mol. The average molecular weight is 227 g/mol. The smallest absolute Gasteiger partial charge is 0.289 e. The molecule has 0 saturated carbocycles. The molecule has 1 N–H and O–H groups in total. The van der Waals surface area contributed by atoms with Gasteiger partial charge in [0.2, 0.25) is 0 Å². The molecule has 1 aromatic heterocycles. The molecule has 0 aromatic carbocycles. The van der Waals surface area contributed by atoms with E-state index in [4.69, 9.17) is 21.4 Å². The van der Waals surface area contributed by atoms with Crippen molar-refractivity contribution < 1.29 is 13.9 Å². The van der Waals surface area contributed by atoms with Gasteiger partial charge in [-0.3, -0.25) is 4.79 Å². The standard InChI is InChI=1S/C8H5NO3S2/c10-7-5(14-8(13)9-7)4-12-6-2-1-3-11-6/h1-4H,(H,9,10,13). The van der Waals surface area contributed by atoms with E-state index in [1.807, 2.05) is 0 Å². The van der Waals surface area contributed by atoms with Gasteiger partial charge in [-0.15, -0.1) is 0 Å². The van der Waals surface area contributed by atoms with Gasteiger partial charge in [-0.2, -0.15) is 0 Å². The summed E-state index contributed by atoms with van der Waals surface area (Å²) in [6.07, 6.45) is 2.80. The number of rotatable bonds is 2. The number of amides is 1. The van der Waals surface area contributed by atoms with E-state index in [-0.39, 0.29) is 5.91 Å². The van der Waals surface area contributed by atoms with Gasteiger partial charge in [-0.1, -0.05) is 24.0 Å². The normalized spacial score (nSPS) is 18.7. The highest BCUT2D eigenvalue weighted by atomic mass is 32.2. The van der Waals surface area contributed by atoms with Gasteiger partial charge in [0, 0.05) is 6.07 Å². The van der Waals surface area contributed by atoms with E-state index < -0.39 is 0 Å². The number of hydrogen-bond donors (Lipinski definition) is 1. The Morgan fingerprint density at radius 2 is 2.50 bits per heavy atom. The van der Waals surface area contributed by atoms with E-state index in [0.717, 1.165) is 11.8 Å². The van der Waals surface area contributed by atoms with Crippen molar-refractivity contribution in [3.63, 3.8) is 0 Å². The maximum atomic E-state index is 11.1. The lowest BCUT2D eigenvalue weighted by Crippen LogP contribution is -2.17. The molecule has 0 bridgehead atoms. The second kappa shape index (κ2) is 3.85. The highest BCUT2D eigenvalue weighted by molar-refractivity contribution is 8.26. The first kappa shape index (κ1) is 9.29. The number of nitrogens with one attached hydrogen (secondary N) is 1. The molecule has 72 valence electrons. The summed E-state index contributed by atoms with van der Waals surface area (Å²) in [6, 6.07) is 3.34. The van der Waals surface area contributed by atoms with Crippen LogP contribution in [0.4, 0.5) is 0 Å². The summed E-state index contributed by atoms with van der Waals surface area (Å²) in [5.41, 5.74) is 0. The van der Waals surface area contributed by atoms with E-state index in [0.29, 0.717) is 15.2 Å². The molecule has 0 spiro atoms. The SMILES string of the molecule is O=C1NC(=S)SC1=COc1ccco1. The highest BCUT2D eigenvalue weighted by Crippen LogP contribution is 2.23. The van der Waals surface area contributed by atoms with E-state index in [2.05, 4.69) is 5.32 Å². The second-order valence-corrected chi connectivity index (χ2v) is 4.09. The van der Waals surface area contributed by atoms with Crippen LogP contribution in [0.1, 0.15) is 0 Å². The largest absolute Gasteiger partial charge is 0.434 e. The van der Waals surface area contributed by atoms with Gasteiger partial charge in [0.1, 0.15) is 15.5 Å². The van der Waals surface area contributed by atoms with Crippen molar-refractivity contribution in [3.05, 3.63) is 29.6 Å². The Morgan fingerprint density at radius 3 is 3.07 bits per heavy atom. The molecule has 1 amide bonds. The third-order valence-corrected chi connectivity index (χ3v) is 2.56. The lowest BCUT2D eigenvalue weighted by Gasteiger charge is -1.93. The summed E-state index contributed by atoms with van der Waals surface area (Å²) < 4.78 is 10.4. The minimum absolute atomic E-state index is 0.244.